The maximum atomic E-state index is 6.39. The van der Waals surface area contributed by atoms with E-state index in [-0.39, 0.29) is 5.41 Å². The van der Waals surface area contributed by atoms with Crippen molar-refractivity contribution >= 4 is 38.9 Å². The van der Waals surface area contributed by atoms with Gasteiger partial charge in [-0.15, -0.1) is 0 Å². The van der Waals surface area contributed by atoms with Crippen LogP contribution in [-0.2, 0) is 5.41 Å². The largest absolute Gasteiger partial charge is 0.435 e. The molecule has 0 N–H and O–H groups in total. The van der Waals surface area contributed by atoms with Crippen molar-refractivity contribution in [3.63, 3.8) is 0 Å². The fourth-order valence-electron chi connectivity index (χ4n) is 6.62. The van der Waals surface area contributed by atoms with Gasteiger partial charge >= 0.3 is 0 Å². The molecule has 0 saturated carbocycles. The Morgan fingerprint density at radius 3 is 1.90 bits per heavy atom. The summed E-state index contributed by atoms with van der Waals surface area (Å²) in [6.07, 6.45) is 0. The average Bonchev–Trinajstić information content (AvgIpc) is 3.58. The molecule has 0 spiro atoms. The molecule has 3 heteroatoms. The normalized spacial score (nSPS) is 11.6. The second-order valence-corrected chi connectivity index (χ2v) is 13.3. The quantitative estimate of drug-likeness (QED) is 0.185. The molecule has 0 aliphatic carbocycles. The Labute approximate surface area is 281 Å². The zero-order valence-electron chi connectivity index (χ0n) is 27.4. The molecule has 3 nitrogen and oxygen atoms in total. The third-order valence-electron chi connectivity index (χ3n) is 9.02. The number of rotatable bonds is 6. The van der Waals surface area contributed by atoms with E-state index in [1.165, 1.54) is 27.8 Å². The van der Waals surface area contributed by atoms with Gasteiger partial charge in [0.2, 0.25) is 5.89 Å². The lowest BCUT2D eigenvalue weighted by atomic mass is 9.81. The second kappa shape index (κ2) is 12.0. The van der Waals surface area contributed by atoms with Crippen LogP contribution in [0.25, 0.3) is 55.6 Å². The fourth-order valence-corrected chi connectivity index (χ4v) is 6.62. The van der Waals surface area contributed by atoms with E-state index < -0.39 is 0 Å². The number of aromatic nitrogens is 1. The van der Waals surface area contributed by atoms with Gasteiger partial charge in [-0.1, -0.05) is 130 Å². The van der Waals surface area contributed by atoms with Crippen molar-refractivity contribution < 1.29 is 4.42 Å². The molecule has 0 fully saturated rings. The Balaban J connectivity index is 1.26. The molecule has 1 aromatic heterocycles. The van der Waals surface area contributed by atoms with Crippen molar-refractivity contribution in [2.75, 3.05) is 4.90 Å². The summed E-state index contributed by atoms with van der Waals surface area (Å²) in [5, 5.41) is 2.21. The molecule has 0 aliphatic heterocycles. The zero-order valence-corrected chi connectivity index (χ0v) is 27.4. The highest BCUT2D eigenvalue weighted by Crippen LogP contribution is 2.42. The smallest absolute Gasteiger partial charge is 0.227 e. The average molecular weight is 621 g/mol. The van der Waals surface area contributed by atoms with E-state index in [9.17, 15) is 0 Å². The van der Waals surface area contributed by atoms with Crippen LogP contribution in [0.2, 0.25) is 0 Å². The first-order valence-corrected chi connectivity index (χ1v) is 16.5. The molecule has 48 heavy (non-hydrogen) atoms. The van der Waals surface area contributed by atoms with Crippen LogP contribution in [0.1, 0.15) is 26.3 Å². The van der Waals surface area contributed by atoms with Gasteiger partial charge in [0.1, 0.15) is 5.52 Å². The number of hydrogen-bond donors (Lipinski definition) is 0. The Bertz CT molecular complexity index is 2370. The highest BCUT2D eigenvalue weighted by molar-refractivity contribution is 6.03. The van der Waals surface area contributed by atoms with Crippen molar-refractivity contribution in [2.24, 2.45) is 0 Å². The van der Waals surface area contributed by atoms with E-state index in [0.29, 0.717) is 5.89 Å². The molecule has 232 valence electrons. The second-order valence-electron chi connectivity index (χ2n) is 13.3. The van der Waals surface area contributed by atoms with E-state index in [1.54, 1.807) is 0 Å². The highest BCUT2D eigenvalue weighted by Gasteiger charge is 2.22. The van der Waals surface area contributed by atoms with Crippen LogP contribution in [0.3, 0.4) is 0 Å². The minimum Gasteiger partial charge on any atom is -0.435 e. The van der Waals surface area contributed by atoms with Gasteiger partial charge in [0.05, 0.1) is 0 Å². The first kappa shape index (κ1) is 29.5. The lowest BCUT2D eigenvalue weighted by molar-refractivity contribution is 0.592. The van der Waals surface area contributed by atoms with Crippen molar-refractivity contribution in [2.45, 2.75) is 26.2 Å². The summed E-state index contributed by atoms with van der Waals surface area (Å²) in [6, 6.07) is 57.9. The van der Waals surface area contributed by atoms with Crippen LogP contribution in [0.15, 0.2) is 168 Å². The predicted molar refractivity (Wildman–Crippen MR) is 201 cm³/mol. The monoisotopic (exact) mass is 620 g/mol. The lowest BCUT2D eigenvalue weighted by Crippen LogP contribution is -2.15. The van der Waals surface area contributed by atoms with E-state index in [1.807, 2.05) is 18.2 Å². The molecule has 0 aliphatic rings. The molecule has 0 radical (unpaired) electrons. The first-order valence-electron chi connectivity index (χ1n) is 16.5. The number of hydrogen-bond acceptors (Lipinski definition) is 3. The zero-order chi connectivity index (χ0) is 32.7. The van der Waals surface area contributed by atoms with E-state index in [2.05, 4.69) is 171 Å². The molecule has 8 aromatic rings. The molecule has 0 atom stereocenters. The third kappa shape index (κ3) is 5.54. The topological polar surface area (TPSA) is 29.3 Å². The van der Waals surface area contributed by atoms with Crippen molar-refractivity contribution in [1.82, 2.24) is 4.98 Å². The van der Waals surface area contributed by atoms with Crippen molar-refractivity contribution in [3.05, 3.63) is 169 Å². The summed E-state index contributed by atoms with van der Waals surface area (Å²) in [7, 11) is 0. The summed E-state index contributed by atoms with van der Waals surface area (Å²) >= 11 is 0. The third-order valence-corrected chi connectivity index (χ3v) is 9.02. The van der Waals surface area contributed by atoms with Gasteiger partial charge in [-0.25, -0.2) is 4.98 Å². The Hall–Kier alpha value is -5.93. The van der Waals surface area contributed by atoms with Crippen LogP contribution in [0, 0.1) is 0 Å². The number of fused-ring (bicyclic) bond motifs is 3. The number of oxazole rings is 1. The molecular formula is C45H36N2O. The minimum atomic E-state index is -0.0195. The molecule has 1 heterocycles. The molecule has 0 saturated heterocycles. The number of anilines is 3. The Morgan fingerprint density at radius 2 is 1.15 bits per heavy atom. The number of benzene rings is 7. The Kier molecular flexibility index (Phi) is 7.38. The number of nitrogens with zero attached hydrogens (tertiary/aromatic N) is 2. The van der Waals surface area contributed by atoms with Crippen LogP contribution in [0.4, 0.5) is 17.1 Å². The van der Waals surface area contributed by atoms with Crippen LogP contribution >= 0.6 is 0 Å². The van der Waals surface area contributed by atoms with Crippen molar-refractivity contribution in [3.8, 4) is 33.7 Å². The summed E-state index contributed by atoms with van der Waals surface area (Å²) < 4.78 is 6.39. The molecule has 0 unspecified atom stereocenters. The van der Waals surface area contributed by atoms with Gasteiger partial charge in [0, 0.05) is 28.0 Å². The van der Waals surface area contributed by atoms with Crippen LogP contribution in [-0.4, -0.2) is 4.98 Å². The van der Waals surface area contributed by atoms with E-state index in [4.69, 9.17) is 9.40 Å². The minimum absolute atomic E-state index is 0.0195. The molecule has 0 bridgehead atoms. The predicted octanol–water partition coefficient (Wildman–Crippen LogP) is 12.7. The van der Waals surface area contributed by atoms with E-state index >= 15 is 0 Å². The summed E-state index contributed by atoms with van der Waals surface area (Å²) in [6.45, 7) is 6.84. The molecular weight excluding hydrogens is 585 g/mol. The van der Waals surface area contributed by atoms with Gasteiger partial charge in [-0.05, 0) is 93.2 Å². The summed E-state index contributed by atoms with van der Waals surface area (Å²) in [5.41, 5.74) is 11.9. The van der Waals surface area contributed by atoms with Crippen LogP contribution < -0.4 is 4.90 Å². The highest BCUT2D eigenvalue weighted by atomic mass is 16.3. The van der Waals surface area contributed by atoms with Gasteiger partial charge in [0.25, 0.3) is 0 Å². The SMILES string of the molecule is CC(C)(C)c1ccc(N(c2ccc(-c3nc4ccc5ccccc5c4o3)cc2)c2cccc(-c3ccccc3)c2)cc1-c1ccccc1. The fraction of sp³-hybridized carbons (Fsp3) is 0.0889. The van der Waals surface area contributed by atoms with Crippen molar-refractivity contribution in [1.29, 1.82) is 0 Å². The Morgan fingerprint density at radius 1 is 0.500 bits per heavy atom. The maximum Gasteiger partial charge on any atom is 0.227 e. The van der Waals surface area contributed by atoms with Gasteiger partial charge < -0.3 is 9.32 Å². The molecule has 8 rings (SSSR count). The van der Waals surface area contributed by atoms with Crippen LogP contribution in [0.5, 0.6) is 0 Å². The van der Waals surface area contributed by atoms with Gasteiger partial charge in [0.15, 0.2) is 5.58 Å². The first-order chi connectivity index (χ1) is 23.4. The standard InChI is InChI=1S/C45H36N2O/c1-45(2,3)41-27-26-38(30-40(41)32-15-8-5-9-16-32)47(37-19-12-18-35(29-37)31-13-6-4-7-14-31)36-24-21-34(22-25-36)44-46-42-28-23-33-17-10-11-20-39(33)43(42)48-44/h4-30H,1-3H3. The maximum absolute atomic E-state index is 6.39. The summed E-state index contributed by atoms with van der Waals surface area (Å²) in [5.74, 6) is 0.617. The summed E-state index contributed by atoms with van der Waals surface area (Å²) in [4.78, 5) is 7.21. The van der Waals surface area contributed by atoms with Gasteiger partial charge in [-0.3, -0.25) is 0 Å². The van der Waals surface area contributed by atoms with Gasteiger partial charge in [-0.2, -0.15) is 0 Å². The van der Waals surface area contributed by atoms with E-state index in [0.717, 1.165) is 44.5 Å². The lowest BCUT2D eigenvalue weighted by Gasteiger charge is -2.29. The molecule has 0 amide bonds. The molecule has 7 aromatic carbocycles.